The van der Waals surface area contributed by atoms with Gasteiger partial charge in [0.1, 0.15) is 0 Å². The van der Waals surface area contributed by atoms with E-state index in [0.29, 0.717) is 12.1 Å². The van der Waals surface area contributed by atoms with Gasteiger partial charge in [0.25, 0.3) is 0 Å². The molecule has 3 fully saturated rings. The molecular weight excluding hydrogens is 326 g/mol. The number of hydrogen-bond acceptors (Lipinski definition) is 4. The molecule has 0 saturated carbocycles. The number of rotatable bonds is 5. The molecule has 0 aromatic rings. The highest BCUT2D eigenvalue weighted by molar-refractivity contribution is 5.80. The van der Waals surface area contributed by atoms with Crippen LogP contribution in [0.2, 0.25) is 0 Å². The Morgan fingerprint density at radius 2 is 1.85 bits per heavy atom. The molecule has 2 atom stereocenters. The van der Waals surface area contributed by atoms with Crippen molar-refractivity contribution in [1.29, 1.82) is 0 Å². The Kier molecular flexibility index (Phi) is 7.58. The molecule has 0 aromatic carbocycles. The first-order valence-corrected chi connectivity index (χ1v) is 10.8. The fourth-order valence-electron chi connectivity index (χ4n) is 4.40. The van der Waals surface area contributed by atoms with Gasteiger partial charge >= 0.3 is 0 Å². The van der Waals surface area contributed by atoms with Crippen molar-refractivity contribution in [3.8, 4) is 0 Å². The predicted octanol–water partition coefficient (Wildman–Crippen LogP) is 1.48. The minimum atomic E-state index is 0.536. The van der Waals surface area contributed by atoms with Crippen molar-refractivity contribution in [1.82, 2.24) is 20.0 Å². The zero-order chi connectivity index (χ0) is 18.4. The van der Waals surface area contributed by atoms with E-state index in [1.807, 2.05) is 0 Å². The van der Waals surface area contributed by atoms with E-state index >= 15 is 0 Å². The molecule has 0 aromatic heterocycles. The number of nitrogens with one attached hydrogen (secondary N) is 1. The molecule has 0 radical (unpaired) electrons. The Hall–Kier alpha value is -0.850. The highest BCUT2D eigenvalue weighted by Crippen LogP contribution is 2.19. The normalized spacial score (nSPS) is 28.5. The van der Waals surface area contributed by atoms with Crippen LogP contribution >= 0.6 is 0 Å². The van der Waals surface area contributed by atoms with Crippen molar-refractivity contribution < 1.29 is 4.74 Å². The summed E-state index contributed by atoms with van der Waals surface area (Å²) in [4.78, 5) is 12.7. The fraction of sp³-hybridized carbons (Fsp3) is 0.950. The number of likely N-dealkylation sites (tertiary alicyclic amines) is 2. The minimum Gasteiger partial charge on any atom is -0.379 e. The molecule has 3 saturated heterocycles. The highest BCUT2D eigenvalue weighted by Gasteiger charge is 2.30. The number of nitrogens with zero attached hydrogens (tertiary/aromatic N) is 4. The van der Waals surface area contributed by atoms with Crippen LogP contribution in [0.5, 0.6) is 0 Å². The van der Waals surface area contributed by atoms with Gasteiger partial charge in [-0.3, -0.25) is 14.8 Å². The van der Waals surface area contributed by atoms with Gasteiger partial charge in [-0.15, -0.1) is 0 Å². The van der Waals surface area contributed by atoms with Crippen molar-refractivity contribution in [2.75, 3.05) is 65.6 Å². The van der Waals surface area contributed by atoms with Crippen molar-refractivity contribution in [2.24, 2.45) is 10.9 Å². The first kappa shape index (κ1) is 19.9. The largest absolute Gasteiger partial charge is 0.379 e. The molecule has 0 spiro atoms. The van der Waals surface area contributed by atoms with Crippen molar-refractivity contribution >= 4 is 5.96 Å². The lowest BCUT2D eigenvalue weighted by atomic mass is 9.98. The molecule has 3 heterocycles. The summed E-state index contributed by atoms with van der Waals surface area (Å²) in [6, 6.07) is 1.19. The third-order valence-corrected chi connectivity index (χ3v) is 6.31. The summed E-state index contributed by atoms with van der Waals surface area (Å²) >= 11 is 0. The lowest BCUT2D eigenvalue weighted by Crippen LogP contribution is -2.47. The number of morpholine rings is 1. The van der Waals surface area contributed by atoms with Gasteiger partial charge < -0.3 is 15.0 Å². The number of guanidine groups is 1. The zero-order valence-electron chi connectivity index (χ0n) is 17.1. The van der Waals surface area contributed by atoms with Gasteiger partial charge in [0.15, 0.2) is 5.96 Å². The molecule has 6 nitrogen and oxygen atoms in total. The first-order valence-electron chi connectivity index (χ1n) is 10.8. The van der Waals surface area contributed by atoms with Gasteiger partial charge in [0, 0.05) is 44.8 Å². The molecular formula is C20H39N5O. The number of piperidine rings is 1. The van der Waals surface area contributed by atoms with Gasteiger partial charge in [-0.1, -0.05) is 6.92 Å². The predicted molar refractivity (Wildman–Crippen MR) is 108 cm³/mol. The molecule has 0 aliphatic carbocycles. The van der Waals surface area contributed by atoms with Crippen LogP contribution in [0, 0.1) is 5.92 Å². The average Bonchev–Trinajstić information content (AvgIpc) is 3.16. The smallest absolute Gasteiger partial charge is 0.194 e. The minimum absolute atomic E-state index is 0.536. The maximum atomic E-state index is 5.51. The van der Waals surface area contributed by atoms with Crippen LogP contribution in [0.3, 0.4) is 0 Å². The van der Waals surface area contributed by atoms with E-state index in [-0.39, 0.29) is 0 Å². The molecule has 150 valence electrons. The summed E-state index contributed by atoms with van der Waals surface area (Å²) in [6.07, 6.45) is 3.91. The third kappa shape index (κ3) is 5.33. The van der Waals surface area contributed by atoms with Crippen LogP contribution in [0.1, 0.15) is 40.0 Å². The molecule has 3 aliphatic heterocycles. The maximum Gasteiger partial charge on any atom is 0.194 e. The van der Waals surface area contributed by atoms with Crippen LogP contribution in [-0.4, -0.2) is 98.3 Å². The van der Waals surface area contributed by atoms with E-state index in [1.54, 1.807) is 0 Å². The monoisotopic (exact) mass is 365 g/mol. The van der Waals surface area contributed by atoms with Gasteiger partial charge in [0.05, 0.1) is 19.8 Å². The molecule has 0 amide bonds. The Labute approximate surface area is 159 Å². The van der Waals surface area contributed by atoms with E-state index in [1.165, 1.54) is 32.4 Å². The average molecular weight is 366 g/mol. The summed E-state index contributed by atoms with van der Waals surface area (Å²) in [6.45, 7) is 17.3. The fourth-order valence-corrected chi connectivity index (χ4v) is 4.40. The van der Waals surface area contributed by atoms with E-state index in [4.69, 9.17) is 9.73 Å². The standard InChI is InChI=1S/C20H39N5O/c1-4-21-20(22-15-18(3)23-8-5-17(2)6-9-23)25-10-7-19(16-25)24-11-13-26-14-12-24/h17-19H,4-16H2,1-3H3,(H,21,22). The lowest BCUT2D eigenvalue weighted by Gasteiger charge is -2.34. The van der Waals surface area contributed by atoms with Gasteiger partial charge in [-0.05, 0) is 52.1 Å². The van der Waals surface area contributed by atoms with Crippen molar-refractivity contribution in [3.05, 3.63) is 0 Å². The Morgan fingerprint density at radius 1 is 1.12 bits per heavy atom. The zero-order valence-corrected chi connectivity index (χ0v) is 17.1. The van der Waals surface area contributed by atoms with Gasteiger partial charge in [-0.25, -0.2) is 0 Å². The van der Waals surface area contributed by atoms with E-state index in [2.05, 4.69) is 40.8 Å². The summed E-state index contributed by atoms with van der Waals surface area (Å²) in [5, 5.41) is 3.53. The van der Waals surface area contributed by atoms with Crippen molar-refractivity contribution in [2.45, 2.75) is 52.1 Å². The first-order chi connectivity index (χ1) is 12.7. The quantitative estimate of drug-likeness (QED) is 0.590. The second-order valence-corrected chi connectivity index (χ2v) is 8.30. The maximum absolute atomic E-state index is 5.51. The summed E-state index contributed by atoms with van der Waals surface area (Å²) in [7, 11) is 0. The van der Waals surface area contributed by atoms with Crippen LogP contribution in [-0.2, 0) is 4.74 Å². The van der Waals surface area contributed by atoms with E-state index in [9.17, 15) is 0 Å². The number of ether oxygens (including phenoxy) is 1. The number of aliphatic imine (C=N–C) groups is 1. The van der Waals surface area contributed by atoms with Crippen LogP contribution in [0.25, 0.3) is 0 Å². The second-order valence-electron chi connectivity index (χ2n) is 8.30. The third-order valence-electron chi connectivity index (χ3n) is 6.31. The van der Waals surface area contributed by atoms with E-state index in [0.717, 1.165) is 64.4 Å². The lowest BCUT2D eigenvalue weighted by molar-refractivity contribution is 0.0195. The molecule has 2 unspecified atom stereocenters. The van der Waals surface area contributed by atoms with Gasteiger partial charge in [-0.2, -0.15) is 0 Å². The molecule has 26 heavy (non-hydrogen) atoms. The van der Waals surface area contributed by atoms with Crippen LogP contribution in [0.15, 0.2) is 4.99 Å². The topological polar surface area (TPSA) is 43.3 Å². The molecule has 3 rings (SSSR count). The Balaban J connectivity index is 1.52. The summed E-state index contributed by atoms with van der Waals surface area (Å²) in [5.74, 6) is 2.00. The Bertz CT molecular complexity index is 443. The van der Waals surface area contributed by atoms with E-state index < -0.39 is 0 Å². The van der Waals surface area contributed by atoms with Gasteiger partial charge in [0.2, 0.25) is 0 Å². The molecule has 3 aliphatic rings. The summed E-state index contributed by atoms with van der Waals surface area (Å²) < 4.78 is 5.51. The Morgan fingerprint density at radius 3 is 2.54 bits per heavy atom. The van der Waals surface area contributed by atoms with Crippen molar-refractivity contribution in [3.63, 3.8) is 0 Å². The summed E-state index contributed by atoms with van der Waals surface area (Å²) in [5.41, 5.74) is 0. The second kappa shape index (κ2) is 9.90. The number of hydrogen-bond donors (Lipinski definition) is 1. The molecule has 1 N–H and O–H groups in total. The molecule has 6 heteroatoms. The van der Waals surface area contributed by atoms with Crippen LogP contribution < -0.4 is 5.32 Å². The highest BCUT2D eigenvalue weighted by atomic mass is 16.5. The van der Waals surface area contributed by atoms with Crippen LogP contribution in [0.4, 0.5) is 0 Å². The molecule has 0 bridgehead atoms. The SMILES string of the molecule is CCNC(=NCC(C)N1CCC(C)CC1)N1CCC(N2CCOCC2)C1.